The van der Waals surface area contributed by atoms with Crippen molar-refractivity contribution < 1.29 is 4.79 Å². The van der Waals surface area contributed by atoms with Gasteiger partial charge in [0.1, 0.15) is 5.78 Å². The van der Waals surface area contributed by atoms with E-state index in [-0.39, 0.29) is 5.92 Å². The summed E-state index contributed by atoms with van der Waals surface area (Å²) >= 11 is 0. The van der Waals surface area contributed by atoms with Gasteiger partial charge in [-0.05, 0) is 7.05 Å². The van der Waals surface area contributed by atoms with Crippen LogP contribution in [0.25, 0.3) is 0 Å². The second-order valence-corrected chi connectivity index (χ2v) is 5.44. The molecule has 0 aliphatic carbocycles. The predicted molar refractivity (Wildman–Crippen MR) is 56.2 cm³/mol. The minimum Gasteiger partial charge on any atom is -0.305 e. The Balaban J connectivity index is 1.71. The van der Waals surface area contributed by atoms with Crippen molar-refractivity contribution in [1.29, 1.82) is 0 Å². The number of carbonyl (C=O) groups is 1. The Kier molecular flexibility index (Phi) is 2.40. The third kappa shape index (κ3) is 1.71. The molecule has 2 fully saturated rings. The highest BCUT2D eigenvalue weighted by Crippen LogP contribution is 2.38. The molecule has 14 heavy (non-hydrogen) atoms. The van der Waals surface area contributed by atoms with Crippen LogP contribution in [0.4, 0.5) is 0 Å². The molecule has 0 N–H and O–H groups in total. The fourth-order valence-electron chi connectivity index (χ4n) is 2.72. The summed E-state index contributed by atoms with van der Waals surface area (Å²) in [5, 5.41) is 0. The van der Waals surface area contributed by atoms with Gasteiger partial charge in [-0.2, -0.15) is 0 Å². The number of nitrogens with zero attached hydrogens (tertiary/aromatic N) is 2. The van der Waals surface area contributed by atoms with Crippen LogP contribution >= 0.6 is 0 Å². The van der Waals surface area contributed by atoms with E-state index in [9.17, 15) is 4.79 Å². The van der Waals surface area contributed by atoms with E-state index in [1.165, 1.54) is 13.1 Å². The Morgan fingerprint density at radius 3 is 2.29 bits per heavy atom. The molecular formula is C11H20N2O. The van der Waals surface area contributed by atoms with E-state index >= 15 is 0 Å². The Labute approximate surface area is 86.1 Å². The zero-order valence-electron chi connectivity index (χ0n) is 9.42. The third-order valence-electron chi connectivity index (χ3n) is 3.35. The lowest BCUT2D eigenvalue weighted by molar-refractivity contribution is -0.134. The fourth-order valence-corrected chi connectivity index (χ4v) is 2.72. The summed E-state index contributed by atoms with van der Waals surface area (Å²) in [4.78, 5) is 16.1. The van der Waals surface area contributed by atoms with E-state index < -0.39 is 0 Å². The van der Waals surface area contributed by atoms with Crippen LogP contribution < -0.4 is 0 Å². The van der Waals surface area contributed by atoms with Crippen molar-refractivity contribution in [2.75, 3.05) is 39.8 Å². The molecule has 3 nitrogen and oxygen atoms in total. The maximum atomic E-state index is 11.5. The number of hydrogen-bond acceptors (Lipinski definition) is 3. The van der Waals surface area contributed by atoms with Gasteiger partial charge in [-0.25, -0.2) is 0 Å². The van der Waals surface area contributed by atoms with Gasteiger partial charge in [-0.15, -0.1) is 0 Å². The van der Waals surface area contributed by atoms with E-state index in [4.69, 9.17) is 0 Å². The lowest BCUT2D eigenvalue weighted by Crippen LogP contribution is -2.71. The van der Waals surface area contributed by atoms with Gasteiger partial charge in [0.05, 0.1) is 6.54 Å². The third-order valence-corrected chi connectivity index (χ3v) is 3.35. The number of Topliss-reactive ketones (excluding diaryl/α,β-unsaturated/α-hetero) is 1. The fraction of sp³-hybridized carbons (Fsp3) is 0.909. The normalized spacial score (nSPS) is 26.3. The van der Waals surface area contributed by atoms with E-state index in [2.05, 4.69) is 16.8 Å². The summed E-state index contributed by atoms with van der Waals surface area (Å²) in [6.45, 7) is 9.34. The zero-order chi connectivity index (χ0) is 10.3. The summed E-state index contributed by atoms with van der Waals surface area (Å²) in [5.41, 5.74) is 0.562. The number of rotatable bonds is 3. The number of ketones is 1. The molecule has 3 heteroatoms. The second kappa shape index (κ2) is 3.31. The summed E-state index contributed by atoms with van der Waals surface area (Å²) in [5.74, 6) is 0.572. The summed E-state index contributed by atoms with van der Waals surface area (Å²) < 4.78 is 0. The molecule has 0 radical (unpaired) electrons. The van der Waals surface area contributed by atoms with Crippen LogP contribution in [0.15, 0.2) is 0 Å². The average Bonchev–Trinajstić information content (AvgIpc) is 1.97. The maximum absolute atomic E-state index is 11.5. The first-order chi connectivity index (χ1) is 6.51. The second-order valence-electron chi connectivity index (χ2n) is 5.44. The molecule has 0 atom stereocenters. The summed E-state index contributed by atoms with van der Waals surface area (Å²) in [6, 6.07) is 0. The molecule has 0 bridgehead atoms. The Morgan fingerprint density at radius 1 is 1.29 bits per heavy atom. The van der Waals surface area contributed by atoms with Crippen LogP contribution in [0.5, 0.6) is 0 Å². The number of likely N-dealkylation sites (tertiary alicyclic amines) is 2. The molecule has 0 unspecified atom stereocenters. The van der Waals surface area contributed by atoms with Crippen LogP contribution in [-0.2, 0) is 4.79 Å². The highest BCUT2D eigenvalue weighted by Gasteiger charge is 2.50. The largest absolute Gasteiger partial charge is 0.305 e. The molecule has 2 saturated heterocycles. The van der Waals surface area contributed by atoms with Crippen LogP contribution in [0.3, 0.4) is 0 Å². The quantitative estimate of drug-likeness (QED) is 0.655. The summed E-state index contributed by atoms with van der Waals surface area (Å²) in [6.07, 6.45) is 0. The van der Waals surface area contributed by atoms with Gasteiger partial charge in [0, 0.05) is 37.5 Å². The molecule has 2 aliphatic rings. The van der Waals surface area contributed by atoms with Crippen molar-refractivity contribution in [1.82, 2.24) is 9.80 Å². The minimum absolute atomic E-state index is 0.190. The number of carbonyl (C=O) groups excluding carboxylic acids is 1. The first kappa shape index (κ1) is 10.1. The predicted octanol–water partition coefficient (Wildman–Crippen LogP) is 0.459. The minimum atomic E-state index is 0.190. The Hall–Kier alpha value is -0.410. The lowest BCUT2D eigenvalue weighted by Gasteiger charge is -2.59. The van der Waals surface area contributed by atoms with E-state index in [1.54, 1.807) is 0 Å². The zero-order valence-corrected chi connectivity index (χ0v) is 9.42. The van der Waals surface area contributed by atoms with E-state index in [1.807, 2.05) is 13.8 Å². The molecule has 2 aliphatic heterocycles. The molecule has 0 saturated carbocycles. The van der Waals surface area contributed by atoms with E-state index in [0.717, 1.165) is 13.1 Å². The van der Waals surface area contributed by atoms with Gasteiger partial charge in [0.2, 0.25) is 0 Å². The Bertz CT molecular complexity index is 236. The molecule has 80 valence electrons. The molecule has 2 rings (SSSR count). The van der Waals surface area contributed by atoms with Crippen molar-refractivity contribution in [3.8, 4) is 0 Å². The maximum Gasteiger partial charge on any atom is 0.149 e. The van der Waals surface area contributed by atoms with Crippen molar-refractivity contribution in [3.63, 3.8) is 0 Å². The Morgan fingerprint density at radius 2 is 1.86 bits per heavy atom. The monoisotopic (exact) mass is 196 g/mol. The van der Waals surface area contributed by atoms with Gasteiger partial charge in [-0.3, -0.25) is 9.69 Å². The van der Waals surface area contributed by atoms with Gasteiger partial charge in [0.15, 0.2) is 0 Å². The average molecular weight is 196 g/mol. The van der Waals surface area contributed by atoms with Gasteiger partial charge in [-0.1, -0.05) is 13.8 Å². The van der Waals surface area contributed by atoms with Crippen LogP contribution in [-0.4, -0.2) is 55.4 Å². The molecule has 0 amide bonds. The standard InChI is InChI=1S/C11H20N2O/c1-9(2)10(14)4-13-7-11(8-13)5-12(3)6-11/h9H,4-8H2,1-3H3. The molecule has 0 aromatic heterocycles. The molecule has 2 heterocycles. The molecule has 0 aromatic rings. The first-order valence-corrected chi connectivity index (χ1v) is 5.44. The molecule has 0 aromatic carbocycles. The summed E-state index contributed by atoms with van der Waals surface area (Å²) in [7, 11) is 2.16. The van der Waals surface area contributed by atoms with Gasteiger partial charge < -0.3 is 4.90 Å². The topological polar surface area (TPSA) is 23.6 Å². The lowest BCUT2D eigenvalue weighted by atomic mass is 9.73. The molecular weight excluding hydrogens is 176 g/mol. The van der Waals surface area contributed by atoms with Crippen molar-refractivity contribution in [2.24, 2.45) is 11.3 Å². The SMILES string of the molecule is CC(C)C(=O)CN1CC2(CN(C)C2)C1. The van der Waals surface area contributed by atoms with Crippen LogP contribution in [0.1, 0.15) is 13.8 Å². The smallest absolute Gasteiger partial charge is 0.149 e. The highest BCUT2D eigenvalue weighted by atomic mass is 16.1. The van der Waals surface area contributed by atoms with Gasteiger partial charge in [0.25, 0.3) is 0 Å². The highest BCUT2D eigenvalue weighted by molar-refractivity contribution is 5.82. The van der Waals surface area contributed by atoms with Crippen LogP contribution in [0.2, 0.25) is 0 Å². The van der Waals surface area contributed by atoms with E-state index in [0.29, 0.717) is 17.7 Å². The van der Waals surface area contributed by atoms with Crippen LogP contribution in [0, 0.1) is 11.3 Å². The van der Waals surface area contributed by atoms with Crippen molar-refractivity contribution in [2.45, 2.75) is 13.8 Å². The molecule has 1 spiro atoms. The van der Waals surface area contributed by atoms with Crippen molar-refractivity contribution in [3.05, 3.63) is 0 Å². The number of hydrogen-bond donors (Lipinski definition) is 0. The van der Waals surface area contributed by atoms with Crippen molar-refractivity contribution >= 4 is 5.78 Å². The first-order valence-electron chi connectivity index (χ1n) is 5.44. The van der Waals surface area contributed by atoms with Gasteiger partial charge >= 0.3 is 0 Å².